The van der Waals surface area contributed by atoms with Crippen LogP contribution >= 0.6 is 11.6 Å². The van der Waals surface area contributed by atoms with Gasteiger partial charge in [0, 0.05) is 36.9 Å². The van der Waals surface area contributed by atoms with E-state index in [1.54, 1.807) is 12.5 Å². The van der Waals surface area contributed by atoms with E-state index >= 15 is 0 Å². The van der Waals surface area contributed by atoms with Crippen molar-refractivity contribution in [2.75, 3.05) is 13.1 Å². The van der Waals surface area contributed by atoms with Crippen LogP contribution in [-0.2, 0) is 11.2 Å². The second-order valence-electron chi connectivity index (χ2n) is 7.53. The highest BCUT2D eigenvalue weighted by Crippen LogP contribution is 2.41. The average molecular weight is 374 g/mol. The van der Waals surface area contributed by atoms with Gasteiger partial charge < -0.3 is 14.6 Å². The lowest BCUT2D eigenvalue weighted by Gasteiger charge is -2.35. The quantitative estimate of drug-likeness (QED) is 0.896. The molecule has 1 saturated carbocycles. The molecule has 138 valence electrons. The zero-order valence-corrected chi connectivity index (χ0v) is 15.4. The van der Waals surface area contributed by atoms with E-state index in [1.807, 2.05) is 39.9 Å². The molecule has 26 heavy (non-hydrogen) atoms. The summed E-state index contributed by atoms with van der Waals surface area (Å²) in [5, 5.41) is 11.3. The third-order valence-corrected chi connectivity index (χ3v) is 6.30. The molecule has 5 nitrogen and oxygen atoms in total. The van der Waals surface area contributed by atoms with Crippen LogP contribution < -0.4 is 0 Å². The van der Waals surface area contributed by atoms with Gasteiger partial charge in [-0.1, -0.05) is 29.8 Å². The number of hydrogen-bond acceptors (Lipinski definition) is 3. The van der Waals surface area contributed by atoms with Gasteiger partial charge in [-0.3, -0.25) is 4.79 Å². The number of aromatic nitrogens is 2. The summed E-state index contributed by atoms with van der Waals surface area (Å²) in [6.07, 6.45) is 7.87. The van der Waals surface area contributed by atoms with Gasteiger partial charge in [0.2, 0.25) is 5.91 Å². The van der Waals surface area contributed by atoms with Crippen LogP contribution in [0.3, 0.4) is 0 Å². The number of rotatable bonds is 4. The molecule has 1 saturated heterocycles. The summed E-state index contributed by atoms with van der Waals surface area (Å²) in [5.41, 5.74) is 1.02. The van der Waals surface area contributed by atoms with Crippen LogP contribution in [-0.4, -0.2) is 44.7 Å². The molecule has 1 amide bonds. The van der Waals surface area contributed by atoms with Gasteiger partial charge in [-0.15, -0.1) is 0 Å². The van der Waals surface area contributed by atoms with E-state index in [0.717, 1.165) is 36.5 Å². The van der Waals surface area contributed by atoms with Gasteiger partial charge in [-0.05, 0) is 42.7 Å². The second kappa shape index (κ2) is 7.41. The molecule has 0 unspecified atom stereocenters. The van der Waals surface area contributed by atoms with Gasteiger partial charge in [-0.25, -0.2) is 4.98 Å². The van der Waals surface area contributed by atoms with Crippen molar-refractivity contribution < 1.29 is 9.90 Å². The highest BCUT2D eigenvalue weighted by atomic mass is 35.5. The van der Waals surface area contributed by atoms with E-state index in [2.05, 4.69) is 4.98 Å². The van der Waals surface area contributed by atoms with Crippen molar-refractivity contribution in [1.82, 2.24) is 14.5 Å². The molecule has 1 aromatic carbocycles. The van der Waals surface area contributed by atoms with E-state index in [-0.39, 0.29) is 18.1 Å². The number of amides is 1. The number of fused-ring (bicyclic) bond motifs is 1. The van der Waals surface area contributed by atoms with E-state index < -0.39 is 0 Å². The minimum Gasteiger partial charge on any atom is -0.391 e. The summed E-state index contributed by atoms with van der Waals surface area (Å²) < 4.78 is 2.00. The Morgan fingerprint density at radius 3 is 2.73 bits per heavy atom. The summed E-state index contributed by atoms with van der Waals surface area (Å²) in [6, 6.07) is 7.76. The summed E-state index contributed by atoms with van der Waals surface area (Å²) in [5.74, 6) is 1.04. The molecule has 0 bridgehead atoms. The molecule has 2 aromatic rings. The van der Waals surface area contributed by atoms with Crippen LogP contribution in [0.25, 0.3) is 0 Å². The Hall–Kier alpha value is -1.85. The average Bonchev–Trinajstić information content (AvgIpc) is 3.29. The first-order valence-corrected chi connectivity index (χ1v) is 9.66. The lowest BCUT2D eigenvalue weighted by Crippen LogP contribution is -2.35. The first kappa shape index (κ1) is 17.6. The number of carbonyl (C=O) groups excluding carboxylic acids is 1. The second-order valence-corrected chi connectivity index (χ2v) is 7.93. The van der Waals surface area contributed by atoms with Crippen molar-refractivity contribution in [3.05, 3.63) is 53.6 Å². The van der Waals surface area contributed by atoms with Crippen molar-refractivity contribution in [1.29, 1.82) is 0 Å². The number of hydrogen-bond donors (Lipinski definition) is 1. The van der Waals surface area contributed by atoms with E-state index in [0.29, 0.717) is 24.7 Å². The number of nitrogens with zero attached hydrogens (tertiary/aromatic N) is 3. The smallest absolute Gasteiger partial charge is 0.222 e. The minimum atomic E-state index is -0.372. The zero-order valence-electron chi connectivity index (χ0n) is 14.7. The van der Waals surface area contributed by atoms with Gasteiger partial charge >= 0.3 is 0 Å². The topological polar surface area (TPSA) is 58.4 Å². The van der Waals surface area contributed by atoms with Gasteiger partial charge in [-0.2, -0.15) is 0 Å². The van der Waals surface area contributed by atoms with Crippen LogP contribution in [0.15, 0.2) is 43.0 Å². The molecular weight excluding hydrogens is 350 g/mol. The van der Waals surface area contributed by atoms with Crippen LogP contribution in [0.5, 0.6) is 0 Å². The summed E-state index contributed by atoms with van der Waals surface area (Å²) in [7, 11) is 0. The fourth-order valence-electron chi connectivity index (χ4n) is 4.50. The number of aryl methyl sites for hydroxylation is 1. The number of aliphatic hydroxyl groups is 1. The molecule has 0 spiro atoms. The van der Waals surface area contributed by atoms with Crippen molar-refractivity contribution in [3.63, 3.8) is 0 Å². The maximum atomic E-state index is 12.7. The van der Waals surface area contributed by atoms with Crippen molar-refractivity contribution in [3.8, 4) is 0 Å². The molecule has 4 rings (SSSR count). The molecule has 4 atom stereocenters. The highest BCUT2D eigenvalue weighted by molar-refractivity contribution is 6.31. The van der Waals surface area contributed by atoms with E-state index in [1.165, 1.54) is 0 Å². The molecule has 2 heterocycles. The van der Waals surface area contributed by atoms with Crippen LogP contribution in [0.1, 0.15) is 30.9 Å². The fourth-order valence-corrected chi connectivity index (χ4v) is 4.73. The van der Waals surface area contributed by atoms with Gasteiger partial charge in [0.25, 0.3) is 0 Å². The number of halogens is 1. The van der Waals surface area contributed by atoms with Gasteiger partial charge in [0.1, 0.15) is 0 Å². The Bertz CT molecular complexity index is 764. The van der Waals surface area contributed by atoms with Crippen LogP contribution in [0, 0.1) is 11.8 Å². The minimum absolute atomic E-state index is 0.0666. The Kier molecular flexibility index (Phi) is 5.00. The Labute approximate surface area is 158 Å². The molecule has 2 aliphatic rings. The molecule has 1 aliphatic heterocycles. The summed E-state index contributed by atoms with van der Waals surface area (Å²) in [4.78, 5) is 18.7. The zero-order chi connectivity index (χ0) is 18.1. The monoisotopic (exact) mass is 373 g/mol. The standard InChI is InChI=1S/C20H24ClN3O2/c21-17-4-2-1-3-14(17)5-6-20(26)24-11-15-9-18(23-8-7-22-13-23)19(25)10-16(15)12-24/h1-4,7-8,13,15-16,18-19,25H,5-6,9-12H2/t15-,16+,18-,19-/m1/s1. The third-order valence-electron chi connectivity index (χ3n) is 5.94. The molecule has 2 fully saturated rings. The normalized spacial score (nSPS) is 28.2. The number of aliphatic hydroxyl groups excluding tert-OH is 1. The first-order chi connectivity index (χ1) is 12.6. The van der Waals surface area contributed by atoms with Crippen LogP contribution in [0.2, 0.25) is 5.02 Å². The Morgan fingerprint density at radius 2 is 2.00 bits per heavy atom. The largest absolute Gasteiger partial charge is 0.391 e. The number of likely N-dealkylation sites (tertiary alicyclic amines) is 1. The number of carbonyl (C=O) groups is 1. The van der Waals surface area contributed by atoms with Crippen molar-refractivity contribution in [2.24, 2.45) is 11.8 Å². The maximum Gasteiger partial charge on any atom is 0.222 e. The number of imidazole rings is 1. The molecule has 1 aromatic heterocycles. The number of benzene rings is 1. The molecule has 1 aliphatic carbocycles. The first-order valence-electron chi connectivity index (χ1n) is 9.28. The molecule has 1 N–H and O–H groups in total. The van der Waals surface area contributed by atoms with E-state index in [9.17, 15) is 9.90 Å². The lowest BCUT2D eigenvalue weighted by atomic mass is 9.77. The summed E-state index contributed by atoms with van der Waals surface area (Å²) in [6.45, 7) is 1.56. The molecular formula is C20H24ClN3O2. The van der Waals surface area contributed by atoms with E-state index in [4.69, 9.17) is 11.6 Å². The lowest BCUT2D eigenvalue weighted by molar-refractivity contribution is -0.130. The maximum absolute atomic E-state index is 12.7. The molecule has 0 radical (unpaired) electrons. The third kappa shape index (κ3) is 3.51. The Balaban J connectivity index is 1.36. The predicted molar refractivity (Wildman–Crippen MR) is 99.8 cm³/mol. The van der Waals surface area contributed by atoms with Gasteiger partial charge in [0.05, 0.1) is 18.5 Å². The SMILES string of the molecule is O=C(CCc1ccccc1Cl)N1C[C@H]2C[C@@H](n3ccnc3)[C@H](O)C[C@H]2C1. The van der Waals surface area contributed by atoms with Crippen molar-refractivity contribution in [2.45, 2.75) is 37.8 Å². The fraction of sp³-hybridized carbons (Fsp3) is 0.500. The van der Waals surface area contributed by atoms with Crippen LogP contribution in [0.4, 0.5) is 0 Å². The van der Waals surface area contributed by atoms with Crippen molar-refractivity contribution >= 4 is 17.5 Å². The molecule has 6 heteroatoms. The highest BCUT2D eigenvalue weighted by Gasteiger charge is 2.43. The summed E-state index contributed by atoms with van der Waals surface area (Å²) >= 11 is 6.19. The Morgan fingerprint density at radius 1 is 1.23 bits per heavy atom. The predicted octanol–water partition coefficient (Wildman–Crippen LogP) is 2.94. The van der Waals surface area contributed by atoms with Gasteiger partial charge in [0.15, 0.2) is 0 Å².